The highest BCUT2D eigenvalue weighted by Crippen LogP contribution is 2.43. The molecule has 0 aliphatic carbocycles. The van der Waals surface area contributed by atoms with Gasteiger partial charge in [-0.15, -0.1) is 0 Å². The molecule has 0 bridgehead atoms. The van der Waals surface area contributed by atoms with Crippen molar-refractivity contribution in [2.75, 3.05) is 12.4 Å². The SMILES string of the molecule is O=C1c2c(O)cc(OCCCCCC3CCSS3)cc2OC(c2ccc(O)c(O)c2)C1O. The normalized spacial score (nSPS) is 22.4. The predicted molar refractivity (Wildman–Crippen MR) is 124 cm³/mol. The van der Waals surface area contributed by atoms with Crippen LogP contribution in [0.2, 0.25) is 0 Å². The highest BCUT2D eigenvalue weighted by atomic mass is 33.1. The molecule has 3 unspecified atom stereocenters. The number of fused-ring (bicyclic) bond motifs is 1. The molecule has 2 aromatic carbocycles. The Bertz CT molecular complexity index is 975. The van der Waals surface area contributed by atoms with Crippen molar-refractivity contribution in [3.05, 3.63) is 41.5 Å². The largest absolute Gasteiger partial charge is 0.507 e. The van der Waals surface area contributed by atoms with E-state index in [9.17, 15) is 25.2 Å². The van der Waals surface area contributed by atoms with E-state index in [0.717, 1.165) is 24.5 Å². The minimum absolute atomic E-state index is 0.101. The summed E-state index contributed by atoms with van der Waals surface area (Å²) in [6, 6.07) is 6.81. The van der Waals surface area contributed by atoms with Crippen LogP contribution in [0.5, 0.6) is 28.7 Å². The molecule has 9 heteroatoms. The molecule has 0 spiro atoms. The average Bonchev–Trinajstić information content (AvgIpc) is 3.28. The molecule has 0 saturated carbocycles. The monoisotopic (exact) mass is 478 g/mol. The maximum atomic E-state index is 12.7. The number of hydrogen-bond acceptors (Lipinski definition) is 9. The van der Waals surface area contributed by atoms with Gasteiger partial charge in [-0.05, 0) is 37.0 Å². The summed E-state index contributed by atoms with van der Waals surface area (Å²) in [6.07, 6.45) is 2.96. The molecule has 32 heavy (non-hydrogen) atoms. The summed E-state index contributed by atoms with van der Waals surface area (Å²) in [4.78, 5) is 12.7. The predicted octanol–water partition coefficient (Wildman–Crippen LogP) is 4.57. The van der Waals surface area contributed by atoms with Crippen molar-refractivity contribution in [1.29, 1.82) is 0 Å². The van der Waals surface area contributed by atoms with Gasteiger partial charge in [-0.2, -0.15) is 0 Å². The summed E-state index contributed by atoms with van der Waals surface area (Å²) in [5, 5.41) is 40.8. The highest BCUT2D eigenvalue weighted by Gasteiger charge is 2.39. The quantitative estimate of drug-likeness (QED) is 0.246. The van der Waals surface area contributed by atoms with Gasteiger partial charge in [0.1, 0.15) is 22.8 Å². The van der Waals surface area contributed by atoms with Crippen LogP contribution in [0, 0.1) is 0 Å². The Morgan fingerprint density at radius 2 is 1.88 bits per heavy atom. The highest BCUT2D eigenvalue weighted by molar-refractivity contribution is 8.77. The lowest BCUT2D eigenvalue weighted by atomic mass is 9.92. The second kappa shape index (κ2) is 10.1. The number of aliphatic hydroxyl groups excluding tert-OH is 1. The molecule has 0 aromatic heterocycles. The topological polar surface area (TPSA) is 116 Å². The van der Waals surface area contributed by atoms with E-state index >= 15 is 0 Å². The summed E-state index contributed by atoms with van der Waals surface area (Å²) < 4.78 is 11.6. The van der Waals surface area contributed by atoms with Crippen LogP contribution in [0.25, 0.3) is 0 Å². The third-order valence-corrected chi connectivity index (χ3v) is 8.61. The van der Waals surface area contributed by atoms with E-state index in [2.05, 4.69) is 0 Å². The first kappa shape index (κ1) is 22.9. The van der Waals surface area contributed by atoms with E-state index in [0.29, 0.717) is 17.9 Å². The van der Waals surface area contributed by atoms with Crippen LogP contribution in [0.4, 0.5) is 0 Å². The molecule has 7 nitrogen and oxygen atoms in total. The molecule has 2 aliphatic rings. The van der Waals surface area contributed by atoms with Crippen LogP contribution in [0.1, 0.15) is 54.1 Å². The van der Waals surface area contributed by atoms with E-state index in [1.54, 1.807) is 0 Å². The number of benzene rings is 2. The molecular formula is C23H26O7S2. The molecule has 1 fully saturated rings. The Labute approximate surface area is 194 Å². The van der Waals surface area contributed by atoms with Gasteiger partial charge in [0, 0.05) is 23.1 Å². The number of rotatable bonds is 8. The van der Waals surface area contributed by atoms with Crippen molar-refractivity contribution in [2.24, 2.45) is 0 Å². The van der Waals surface area contributed by atoms with Crippen molar-refractivity contribution in [2.45, 2.75) is 49.6 Å². The number of phenolic OH excluding ortho intramolecular Hbond substituents is 3. The maximum Gasteiger partial charge on any atom is 0.202 e. The second-order valence-corrected chi connectivity index (χ2v) is 10.7. The molecule has 0 radical (unpaired) electrons. The van der Waals surface area contributed by atoms with Crippen LogP contribution in [-0.4, -0.2) is 49.9 Å². The summed E-state index contributed by atoms with van der Waals surface area (Å²) >= 11 is 0. The minimum Gasteiger partial charge on any atom is -0.507 e. The number of ether oxygens (including phenoxy) is 2. The Balaban J connectivity index is 1.39. The fourth-order valence-electron chi connectivity index (χ4n) is 3.86. The van der Waals surface area contributed by atoms with Gasteiger partial charge in [0.2, 0.25) is 5.78 Å². The number of carbonyl (C=O) groups is 1. The van der Waals surface area contributed by atoms with Crippen molar-refractivity contribution in [1.82, 2.24) is 0 Å². The molecule has 2 heterocycles. The van der Waals surface area contributed by atoms with Crippen molar-refractivity contribution in [3.63, 3.8) is 0 Å². The smallest absolute Gasteiger partial charge is 0.202 e. The third kappa shape index (κ3) is 5.05. The number of carbonyl (C=O) groups excluding carboxylic acids is 1. The third-order valence-electron chi connectivity index (χ3n) is 5.61. The summed E-state index contributed by atoms with van der Waals surface area (Å²) in [5.41, 5.74) is 0.215. The molecule has 2 aromatic rings. The van der Waals surface area contributed by atoms with Crippen LogP contribution in [0.3, 0.4) is 0 Å². The molecule has 4 N–H and O–H groups in total. The second-order valence-electron chi connectivity index (χ2n) is 7.94. The fraction of sp³-hybridized carbons (Fsp3) is 0.435. The fourth-order valence-corrected chi connectivity index (χ4v) is 6.89. The van der Waals surface area contributed by atoms with Crippen LogP contribution < -0.4 is 9.47 Å². The summed E-state index contributed by atoms with van der Waals surface area (Å²) in [5.74, 6) is 0.0161. The van der Waals surface area contributed by atoms with E-state index < -0.39 is 18.0 Å². The van der Waals surface area contributed by atoms with E-state index in [1.165, 1.54) is 48.9 Å². The number of phenols is 3. The summed E-state index contributed by atoms with van der Waals surface area (Å²) in [7, 11) is 3.94. The van der Waals surface area contributed by atoms with Gasteiger partial charge in [-0.25, -0.2) is 0 Å². The zero-order chi connectivity index (χ0) is 22.7. The number of hydrogen-bond donors (Lipinski definition) is 4. The van der Waals surface area contributed by atoms with Crippen LogP contribution >= 0.6 is 21.6 Å². The lowest BCUT2D eigenvalue weighted by Gasteiger charge is -2.30. The van der Waals surface area contributed by atoms with Crippen molar-refractivity contribution in [3.8, 4) is 28.7 Å². The van der Waals surface area contributed by atoms with Gasteiger partial charge in [-0.1, -0.05) is 40.5 Å². The van der Waals surface area contributed by atoms with Gasteiger partial charge < -0.3 is 29.9 Å². The molecule has 1 saturated heterocycles. The van der Waals surface area contributed by atoms with E-state index in [4.69, 9.17) is 9.47 Å². The molecule has 0 amide bonds. The first-order chi connectivity index (χ1) is 15.4. The minimum atomic E-state index is -1.57. The van der Waals surface area contributed by atoms with E-state index in [-0.39, 0.29) is 28.6 Å². The van der Waals surface area contributed by atoms with E-state index in [1.807, 2.05) is 21.6 Å². The van der Waals surface area contributed by atoms with Gasteiger partial charge >= 0.3 is 0 Å². The molecular weight excluding hydrogens is 452 g/mol. The number of unbranched alkanes of at least 4 members (excludes halogenated alkanes) is 2. The Hall–Kier alpha value is -2.23. The maximum absolute atomic E-state index is 12.7. The summed E-state index contributed by atoms with van der Waals surface area (Å²) in [6.45, 7) is 0.483. The lowest BCUT2D eigenvalue weighted by Crippen LogP contribution is -2.36. The number of ketones is 1. The number of Topliss-reactive ketones (excluding diaryl/α,β-unsaturated/α-hetero) is 1. The van der Waals surface area contributed by atoms with Crippen molar-refractivity contribution >= 4 is 27.4 Å². The Kier molecular flexibility index (Phi) is 7.27. The van der Waals surface area contributed by atoms with Gasteiger partial charge in [-0.3, -0.25) is 4.79 Å². The molecule has 4 rings (SSSR count). The first-order valence-electron chi connectivity index (χ1n) is 10.6. The van der Waals surface area contributed by atoms with Gasteiger partial charge in [0.15, 0.2) is 23.7 Å². The van der Waals surface area contributed by atoms with Crippen LogP contribution in [0.15, 0.2) is 30.3 Å². The lowest BCUT2D eigenvalue weighted by molar-refractivity contribution is 0.0209. The molecule has 172 valence electrons. The molecule has 3 atom stereocenters. The standard InChI is InChI=1S/C23H26O7S2/c24-16-6-5-13(10-17(16)25)23-22(28)21(27)20-18(26)11-14(12-19(20)30-23)29-8-3-1-2-4-15-7-9-31-32-15/h5-6,10-12,15,22-26,28H,1-4,7-9H2. The van der Waals surface area contributed by atoms with Crippen molar-refractivity contribution < 1.29 is 34.7 Å². The molecule has 2 aliphatic heterocycles. The Morgan fingerprint density at radius 1 is 1.03 bits per heavy atom. The average molecular weight is 479 g/mol. The number of aliphatic hydroxyl groups is 1. The zero-order valence-corrected chi connectivity index (χ0v) is 19.0. The first-order valence-corrected chi connectivity index (χ1v) is 13.0. The van der Waals surface area contributed by atoms with Gasteiger partial charge in [0.25, 0.3) is 0 Å². The Morgan fingerprint density at radius 3 is 2.62 bits per heavy atom. The zero-order valence-electron chi connectivity index (χ0n) is 17.4. The van der Waals surface area contributed by atoms with Gasteiger partial charge in [0.05, 0.1) is 6.61 Å². The number of aromatic hydroxyl groups is 3. The van der Waals surface area contributed by atoms with Crippen LogP contribution in [-0.2, 0) is 0 Å².